The summed E-state index contributed by atoms with van der Waals surface area (Å²) in [6.45, 7) is 0.221. The van der Waals surface area contributed by atoms with Crippen molar-refractivity contribution < 1.29 is 18.4 Å². The van der Waals surface area contributed by atoms with Gasteiger partial charge in [-0.15, -0.1) is 0 Å². The van der Waals surface area contributed by atoms with Crippen molar-refractivity contribution >= 4 is 17.5 Å². The number of carbonyl (C=O) groups excluding carboxylic acids is 2. The molecule has 0 atom stereocenters. The lowest BCUT2D eigenvalue weighted by Crippen LogP contribution is -2.27. The molecule has 0 saturated heterocycles. The van der Waals surface area contributed by atoms with Gasteiger partial charge in [0.05, 0.1) is 12.8 Å². The molecule has 0 fully saturated rings. The van der Waals surface area contributed by atoms with E-state index in [0.717, 1.165) is 0 Å². The van der Waals surface area contributed by atoms with E-state index in [9.17, 15) is 14.0 Å². The summed E-state index contributed by atoms with van der Waals surface area (Å²) in [6.07, 6.45) is 1.16. The van der Waals surface area contributed by atoms with Crippen molar-refractivity contribution in [2.24, 2.45) is 0 Å². The maximum Gasteiger partial charge on any atom is 0.233 e. The van der Waals surface area contributed by atoms with Crippen molar-refractivity contribution in [3.8, 4) is 0 Å². The summed E-state index contributed by atoms with van der Waals surface area (Å²) in [4.78, 5) is 23.1. The van der Waals surface area contributed by atoms with Crippen molar-refractivity contribution in [2.75, 3.05) is 5.32 Å². The summed E-state index contributed by atoms with van der Waals surface area (Å²) in [6, 6.07) is 8.89. The van der Waals surface area contributed by atoms with Crippen LogP contribution >= 0.6 is 0 Å². The summed E-state index contributed by atoms with van der Waals surface area (Å²) in [5.41, 5.74) is 0.314. The SMILES string of the molecule is O=C(CC(=O)Nc1cccc(F)c1)NCc1ccco1. The van der Waals surface area contributed by atoms with Crippen LogP contribution in [0.25, 0.3) is 0 Å². The normalized spacial score (nSPS) is 10.1. The molecule has 0 saturated carbocycles. The van der Waals surface area contributed by atoms with E-state index >= 15 is 0 Å². The van der Waals surface area contributed by atoms with Gasteiger partial charge in [0.15, 0.2) is 0 Å². The number of rotatable bonds is 5. The Bertz CT molecular complexity index is 596. The van der Waals surface area contributed by atoms with Crippen LogP contribution in [0.15, 0.2) is 47.1 Å². The van der Waals surface area contributed by atoms with Crippen LogP contribution in [-0.2, 0) is 16.1 Å². The largest absolute Gasteiger partial charge is 0.467 e. The topological polar surface area (TPSA) is 71.3 Å². The zero-order valence-corrected chi connectivity index (χ0v) is 10.6. The second kappa shape index (κ2) is 6.51. The molecule has 1 aromatic carbocycles. The third-order valence-corrected chi connectivity index (χ3v) is 2.47. The summed E-state index contributed by atoms with van der Waals surface area (Å²) in [5.74, 6) is -0.795. The monoisotopic (exact) mass is 276 g/mol. The molecule has 0 aliphatic carbocycles. The highest BCUT2D eigenvalue weighted by molar-refractivity contribution is 6.03. The van der Waals surface area contributed by atoms with Gasteiger partial charge in [-0.2, -0.15) is 0 Å². The Labute approximate surface area is 114 Å². The molecule has 0 aliphatic rings. The summed E-state index contributed by atoms with van der Waals surface area (Å²) in [5, 5.41) is 4.99. The van der Waals surface area contributed by atoms with E-state index in [0.29, 0.717) is 11.4 Å². The third-order valence-electron chi connectivity index (χ3n) is 2.47. The van der Waals surface area contributed by atoms with Crippen LogP contribution in [-0.4, -0.2) is 11.8 Å². The second-order valence-electron chi connectivity index (χ2n) is 4.09. The molecule has 1 heterocycles. The zero-order valence-electron chi connectivity index (χ0n) is 10.6. The van der Waals surface area contributed by atoms with Gasteiger partial charge in [-0.25, -0.2) is 4.39 Å². The Hall–Kier alpha value is -2.63. The number of carbonyl (C=O) groups is 2. The zero-order chi connectivity index (χ0) is 14.4. The number of amides is 2. The minimum Gasteiger partial charge on any atom is -0.467 e. The van der Waals surface area contributed by atoms with Gasteiger partial charge < -0.3 is 15.1 Å². The first kappa shape index (κ1) is 13.8. The third kappa shape index (κ3) is 4.24. The number of nitrogens with one attached hydrogen (secondary N) is 2. The van der Waals surface area contributed by atoms with E-state index in [4.69, 9.17) is 4.42 Å². The van der Waals surface area contributed by atoms with Crippen LogP contribution < -0.4 is 10.6 Å². The Morgan fingerprint density at radius 1 is 1.15 bits per heavy atom. The predicted molar refractivity (Wildman–Crippen MR) is 70.2 cm³/mol. The number of furan rings is 1. The lowest BCUT2D eigenvalue weighted by atomic mass is 10.3. The lowest BCUT2D eigenvalue weighted by molar-refractivity contribution is -0.127. The van der Waals surface area contributed by atoms with Crippen molar-refractivity contribution in [1.82, 2.24) is 5.32 Å². The highest BCUT2D eigenvalue weighted by Crippen LogP contribution is 2.09. The van der Waals surface area contributed by atoms with Crippen molar-refractivity contribution in [1.29, 1.82) is 0 Å². The fourth-order valence-corrected chi connectivity index (χ4v) is 1.58. The second-order valence-corrected chi connectivity index (χ2v) is 4.09. The number of anilines is 1. The minimum atomic E-state index is -0.507. The summed E-state index contributed by atoms with van der Waals surface area (Å²) >= 11 is 0. The Morgan fingerprint density at radius 3 is 2.70 bits per heavy atom. The van der Waals surface area contributed by atoms with Crippen molar-refractivity contribution in [3.05, 3.63) is 54.2 Å². The first-order chi connectivity index (χ1) is 9.63. The maximum absolute atomic E-state index is 12.9. The molecule has 2 N–H and O–H groups in total. The first-order valence-corrected chi connectivity index (χ1v) is 5.98. The lowest BCUT2D eigenvalue weighted by Gasteiger charge is -2.05. The number of benzene rings is 1. The van der Waals surface area contributed by atoms with Gasteiger partial charge in [-0.1, -0.05) is 6.07 Å². The Balaban J connectivity index is 1.77. The number of hydrogen-bond donors (Lipinski definition) is 2. The summed E-state index contributed by atoms with van der Waals surface area (Å²) < 4.78 is 18.0. The molecule has 5 nitrogen and oxygen atoms in total. The van der Waals surface area contributed by atoms with Gasteiger partial charge in [0, 0.05) is 5.69 Å². The smallest absolute Gasteiger partial charge is 0.233 e. The predicted octanol–water partition coefficient (Wildman–Crippen LogP) is 2.06. The molecule has 0 spiro atoms. The molecule has 2 rings (SSSR count). The quantitative estimate of drug-likeness (QED) is 0.821. The van der Waals surface area contributed by atoms with Gasteiger partial charge >= 0.3 is 0 Å². The standard InChI is InChI=1S/C14H13FN2O3/c15-10-3-1-4-11(7-10)17-14(19)8-13(18)16-9-12-5-2-6-20-12/h1-7H,8-9H2,(H,16,18)(H,17,19). The van der Waals surface area contributed by atoms with Gasteiger partial charge in [0.1, 0.15) is 18.0 Å². The molecule has 0 bridgehead atoms. The van der Waals surface area contributed by atoms with E-state index in [-0.39, 0.29) is 13.0 Å². The van der Waals surface area contributed by atoms with Gasteiger partial charge in [-0.05, 0) is 30.3 Å². The van der Waals surface area contributed by atoms with E-state index in [1.807, 2.05) is 0 Å². The highest BCUT2D eigenvalue weighted by Gasteiger charge is 2.10. The van der Waals surface area contributed by atoms with Crippen molar-refractivity contribution in [2.45, 2.75) is 13.0 Å². The molecule has 6 heteroatoms. The molecule has 20 heavy (non-hydrogen) atoms. The fourth-order valence-electron chi connectivity index (χ4n) is 1.58. The molecular formula is C14H13FN2O3. The van der Waals surface area contributed by atoms with Crippen LogP contribution in [0, 0.1) is 5.82 Å². The summed E-state index contributed by atoms with van der Waals surface area (Å²) in [7, 11) is 0. The van der Waals surface area contributed by atoms with Gasteiger partial charge in [-0.3, -0.25) is 9.59 Å². The van der Waals surface area contributed by atoms with E-state index in [2.05, 4.69) is 10.6 Å². The molecule has 0 unspecified atom stereocenters. The molecule has 1 aromatic heterocycles. The maximum atomic E-state index is 12.9. The van der Waals surface area contributed by atoms with E-state index in [1.165, 1.54) is 24.5 Å². The van der Waals surface area contributed by atoms with E-state index in [1.54, 1.807) is 18.2 Å². The molecule has 104 valence electrons. The van der Waals surface area contributed by atoms with Crippen LogP contribution in [0.3, 0.4) is 0 Å². The Morgan fingerprint density at radius 2 is 2.00 bits per heavy atom. The number of halogens is 1. The molecule has 2 amide bonds. The first-order valence-electron chi connectivity index (χ1n) is 5.98. The van der Waals surface area contributed by atoms with Gasteiger partial charge in [0.25, 0.3) is 0 Å². The van der Waals surface area contributed by atoms with Crippen LogP contribution in [0.5, 0.6) is 0 Å². The molecular weight excluding hydrogens is 263 g/mol. The average Bonchev–Trinajstić information content (AvgIpc) is 2.89. The average molecular weight is 276 g/mol. The van der Waals surface area contributed by atoms with Crippen LogP contribution in [0.2, 0.25) is 0 Å². The molecule has 0 aliphatic heterocycles. The molecule has 0 radical (unpaired) electrons. The van der Waals surface area contributed by atoms with Crippen LogP contribution in [0.4, 0.5) is 10.1 Å². The van der Waals surface area contributed by atoms with Crippen LogP contribution in [0.1, 0.15) is 12.2 Å². The van der Waals surface area contributed by atoms with Crippen molar-refractivity contribution in [3.63, 3.8) is 0 Å². The number of hydrogen-bond acceptors (Lipinski definition) is 3. The highest BCUT2D eigenvalue weighted by atomic mass is 19.1. The van der Waals surface area contributed by atoms with E-state index < -0.39 is 17.6 Å². The van der Waals surface area contributed by atoms with Gasteiger partial charge in [0.2, 0.25) is 11.8 Å². The fraction of sp³-hybridized carbons (Fsp3) is 0.143. The minimum absolute atomic E-state index is 0.221. The molecule has 2 aromatic rings. The Kier molecular flexibility index (Phi) is 4.49.